The van der Waals surface area contributed by atoms with E-state index in [1.807, 2.05) is 18.2 Å². The van der Waals surface area contributed by atoms with Gasteiger partial charge in [-0.3, -0.25) is 13.9 Å². The second-order valence-corrected chi connectivity index (χ2v) is 9.58. The van der Waals surface area contributed by atoms with Gasteiger partial charge in [0.25, 0.3) is 5.56 Å². The number of hydrogen-bond donors (Lipinski definition) is 1. The highest BCUT2D eigenvalue weighted by atomic mass is 16.2. The number of rotatable bonds is 8. The summed E-state index contributed by atoms with van der Waals surface area (Å²) in [6.07, 6.45) is 7.84. The fourth-order valence-electron chi connectivity index (χ4n) is 5.00. The van der Waals surface area contributed by atoms with Gasteiger partial charge in [0.15, 0.2) is 0 Å². The fourth-order valence-corrected chi connectivity index (χ4v) is 5.00. The average molecular weight is 446 g/mol. The summed E-state index contributed by atoms with van der Waals surface area (Å²) in [5.41, 5.74) is 1.04. The van der Waals surface area contributed by atoms with E-state index in [-0.39, 0.29) is 11.2 Å². The molecule has 0 unspecified atom stereocenters. The van der Waals surface area contributed by atoms with Gasteiger partial charge < -0.3 is 5.32 Å². The smallest absolute Gasteiger partial charge is 0.314 e. The molecule has 1 heterocycles. The Hall–Kier alpha value is -3.16. The van der Waals surface area contributed by atoms with Gasteiger partial charge in [-0.15, -0.1) is 0 Å². The first-order valence-electron chi connectivity index (χ1n) is 11.9. The van der Waals surface area contributed by atoms with Crippen LogP contribution in [0.15, 0.2) is 40.1 Å². The van der Waals surface area contributed by atoms with E-state index in [9.17, 15) is 20.1 Å². The Bertz CT molecular complexity index is 1200. The van der Waals surface area contributed by atoms with Crippen LogP contribution in [0.4, 0.5) is 0 Å². The molecule has 2 aliphatic rings. The minimum Gasteiger partial charge on any atom is -0.314 e. The Morgan fingerprint density at radius 3 is 2.52 bits per heavy atom. The molecule has 0 radical (unpaired) electrons. The molecule has 2 aromatic rings. The molecule has 2 aliphatic carbocycles. The zero-order valence-electron chi connectivity index (χ0n) is 19.2. The van der Waals surface area contributed by atoms with Crippen LogP contribution in [-0.2, 0) is 18.5 Å². The van der Waals surface area contributed by atoms with Crippen LogP contribution < -0.4 is 16.6 Å². The van der Waals surface area contributed by atoms with Crippen molar-refractivity contribution in [3.8, 4) is 12.1 Å². The van der Waals surface area contributed by atoms with Crippen LogP contribution in [0.25, 0.3) is 0 Å². The fraction of sp³-hybridized carbons (Fsp3) is 0.538. The number of nitrogens with one attached hydrogen (secondary N) is 1. The van der Waals surface area contributed by atoms with E-state index < -0.39 is 5.41 Å². The normalized spacial score (nSPS) is 22.5. The van der Waals surface area contributed by atoms with E-state index in [1.54, 1.807) is 23.8 Å². The number of hydrogen-bond acceptors (Lipinski definition) is 5. The Morgan fingerprint density at radius 2 is 1.85 bits per heavy atom. The molecule has 7 heteroatoms. The Labute approximate surface area is 194 Å². The number of aryl methyl sites for hydroxylation is 1. The summed E-state index contributed by atoms with van der Waals surface area (Å²) in [6, 6.07) is 12.4. The lowest BCUT2D eigenvalue weighted by atomic mass is 9.68. The highest BCUT2D eigenvalue weighted by Crippen LogP contribution is 2.40. The van der Waals surface area contributed by atoms with Gasteiger partial charge >= 0.3 is 5.69 Å². The molecular formula is C26H31N5O2. The van der Waals surface area contributed by atoms with Gasteiger partial charge in [-0.05, 0) is 76.0 Å². The number of nitrogens with zero attached hydrogens (tertiary/aromatic N) is 4. The van der Waals surface area contributed by atoms with Crippen LogP contribution in [0.2, 0.25) is 0 Å². The molecule has 0 bridgehead atoms. The van der Waals surface area contributed by atoms with Gasteiger partial charge in [-0.1, -0.05) is 18.2 Å². The standard InChI is InChI=1S/C26H31N5O2/c1-19-16-30(17-20-7-8-20)25(33)31(24(19)32)14-4-13-29-22-9-11-26(18-28,12-10-22)23-6-3-2-5-21(23)15-27/h2-3,5-6,16,20,22,29H,4,7-14,17H2,1H3/t22-,26+. The lowest BCUT2D eigenvalue weighted by Gasteiger charge is -2.36. The molecule has 0 amide bonds. The van der Waals surface area contributed by atoms with Gasteiger partial charge in [0.2, 0.25) is 0 Å². The molecular weight excluding hydrogens is 414 g/mol. The summed E-state index contributed by atoms with van der Waals surface area (Å²) < 4.78 is 3.07. The summed E-state index contributed by atoms with van der Waals surface area (Å²) in [5.74, 6) is 0.571. The molecule has 1 N–H and O–H groups in total. The Morgan fingerprint density at radius 1 is 1.12 bits per heavy atom. The average Bonchev–Trinajstić information content (AvgIpc) is 3.66. The maximum absolute atomic E-state index is 12.7. The molecule has 1 aromatic carbocycles. The number of benzene rings is 1. The quantitative estimate of drug-likeness (QED) is 0.629. The third-order valence-electron chi connectivity index (χ3n) is 7.17. The zero-order valence-corrected chi connectivity index (χ0v) is 19.2. The van der Waals surface area contributed by atoms with Gasteiger partial charge in [-0.2, -0.15) is 10.5 Å². The maximum Gasteiger partial charge on any atom is 0.330 e. The van der Waals surface area contributed by atoms with E-state index in [0.29, 0.717) is 62.0 Å². The number of nitriles is 2. The molecule has 172 valence electrons. The van der Waals surface area contributed by atoms with E-state index in [1.165, 1.54) is 4.57 Å². The van der Waals surface area contributed by atoms with Gasteiger partial charge in [0.05, 0.1) is 23.1 Å². The van der Waals surface area contributed by atoms with Crippen LogP contribution in [0.1, 0.15) is 61.6 Å². The van der Waals surface area contributed by atoms with Crippen molar-refractivity contribution in [2.45, 2.75) is 76.4 Å². The van der Waals surface area contributed by atoms with Gasteiger partial charge in [0, 0.05) is 30.9 Å². The molecule has 0 atom stereocenters. The molecule has 2 saturated carbocycles. The van der Waals surface area contributed by atoms with Gasteiger partial charge in [-0.25, -0.2) is 4.79 Å². The molecule has 7 nitrogen and oxygen atoms in total. The minimum absolute atomic E-state index is 0.195. The predicted molar refractivity (Wildman–Crippen MR) is 126 cm³/mol. The summed E-state index contributed by atoms with van der Waals surface area (Å²) in [7, 11) is 0. The summed E-state index contributed by atoms with van der Waals surface area (Å²) >= 11 is 0. The third-order valence-corrected chi connectivity index (χ3v) is 7.17. The highest BCUT2D eigenvalue weighted by Gasteiger charge is 2.38. The largest absolute Gasteiger partial charge is 0.330 e. The zero-order chi connectivity index (χ0) is 23.4. The van der Waals surface area contributed by atoms with Crippen LogP contribution in [0, 0.1) is 35.5 Å². The van der Waals surface area contributed by atoms with Crippen molar-refractivity contribution in [2.24, 2.45) is 5.92 Å². The summed E-state index contributed by atoms with van der Waals surface area (Å²) in [4.78, 5) is 25.3. The summed E-state index contributed by atoms with van der Waals surface area (Å²) in [6.45, 7) is 3.59. The van der Waals surface area contributed by atoms with Gasteiger partial charge in [0.1, 0.15) is 0 Å². The molecule has 0 spiro atoms. The first-order chi connectivity index (χ1) is 16.0. The van der Waals surface area contributed by atoms with Crippen LogP contribution in [-0.4, -0.2) is 21.7 Å². The topological polar surface area (TPSA) is 104 Å². The molecule has 1 aromatic heterocycles. The molecule has 2 fully saturated rings. The lowest BCUT2D eigenvalue weighted by molar-refractivity contribution is 0.293. The highest BCUT2D eigenvalue weighted by molar-refractivity contribution is 5.46. The predicted octanol–water partition coefficient (Wildman–Crippen LogP) is 2.98. The molecule has 0 aliphatic heterocycles. The Balaban J connectivity index is 1.32. The van der Waals surface area contributed by atoms with Crippen molar-refractivity contribution in [1.29, 1.82) is 10.5 Å². The second-order valence-electron chi connectivity index (χ2n) is 9.58. The van der Waals surface area contributed by atoms with E-state index in [2.05, 4.69) is 17.5 Å². The van der Waals surface area contributed by atoms with Crippen molar-refractivity contribution >= 4 is 0 Å². The van der Waals surface area contributed by atoms with Crippen LogP contribution in [0.3, 0.4) is 0 Å². The minimum atomic E-state index is -0.605. The third kappa shape index (κ3) is 4.94. The Kier molecular flexibility index (Phi) is 6.81. The van der Waals surface area contributed by atoms with Crippen LogP contribution in [0.5, 0.6) is 0 Å². The van der Waals surface area contributed by atoms with Crippen molar-refractivity contribution in [2.75, 3.05) is 6.54 Å². The lowest BCUT2D eigenvalue weighted by Crippen LogP contribution is -2.42. The van der Waals surface area contributed by atoms with E-state index in [0.717, 1.165) is 31.2 Å². The van der Waals surface area contributed by atoms with Crippen molar-refractivity contribution in [3.05, 3.63) is 68.0 Å². The van der Waals surface area contributed by atoms with E-state index in [4.69, 9.17) is 0 Å². The molecule has 4 rings (SSSR count). The first kappa shape index (κ1) is 23.0. The monoisotopic (exact) mass is 445 g/mol. The second kappa shape index (κ2) is 9.77. The molecule has 33 heavy (non-hydrogen) atoms. The molecule has 0 saturated heterocycles. The maximum atomic E-state index is 12.7. The SMILES string of the molecule is Cc1cn(CC2CC2)c(=O)n(CCCN[C@H]2CC[C@@](C#N)(c3ccccc3C#N)CC2)c1=O. The van der Waals surface area contributed by atoms with Crippen LogP contribution >= 0.6 is 0 Å². The summed E-state index contributed by atoms with van der Waals surface area (Å²) in [5, 5.41) is 22.9. The number of aromatic nitrogens is 2. The van der Waals surface area contributed by atoms with Crippen molar-refractivity contribution in [1.82, 2.24) is 14.5 Å². The van der Waals surface area contributed by atoms with Crippen molar-refractivity contribution < 1.29 is 0 Å². The van der Waals surface area contributed by atoms with Crippen molar-refractivity contribution in [3.63, 3.8) is 0 Å². The van der Waals surface area contributed by atoms with E-state index >= 15 is 0 Å². The first-order valence-corrected chi connectivity index (χ1v) is 11.9.